The van der Waals surface area contributed by atoms with E-state index in [1.807, 2.05) is 0 Å². The summed E-state index contributed by atoms with van der Waals surface area (Å²) >= 11 is 5.84. The van der Waals surface area contributed by atoms with Crippen LogP contribution in [0.1, 0.15) is 25.7 Å². The molecule has 1 fully saturated rings. The smallest absolute Gasteiger partial charge is 0.243 e. The molecular weight excluding hydrogens is 198 g/mol. The predicted octanol–water partition coefficient (Wildman–Crippen LogP) is 2.90. The highest BCUT2D eigenvalue weighted by Crippen LogP contribution is 2.39. The molecule has 1 rings (SSSR count). The van der Waals surface area contributed by atoms with Crippen LogP contribution >= 0.6 is 11.8 Å². The van der Waals surface area contributed by atoms with Crippen LogP contribution in [0.25, 0.3) is 0 Å². The van der Waals surface area contributed by atoms with Crippen LogP contribution in [0.15, 0.2) is 25.3 Å². The van der Waals surface area contributed by atoms with Gasteiger partial charge in [-0.2, -0.15) is 0 Å². The summed E-state index contributed by atoms with van der Waals surface area (Å²) in [4.78, 5) is 11.9. The van der Waals surface area contributed by atoms with Crippen LogP contribution in [0.3, 0.4) is 0 Å². The van der Waals surface area contributed by atoms with E-state index in [9.17, 15) is 4.79 Å². The molecule has 3 heteroatoms. The highest BCUT2D eigenvalue weighted by atomic mass is 35.5. The summed E-state index contributed by atoms with van der Waals surface area (Å²) in [6.07, 6.45) is 6.78. The van der Waals surface area contributed by atoms with Gasteiger partial charge < -0.3 is 0 Å². The highest BCUT2D eigenvalue weighted by Gasteiger charge is 2.41. The Bertz CT molecular complexity index is 240. The lowest BCUT2D eigenvalue weighted by Gasteiger charge is -2.37. The quantitative estimate of drug-likeness (QED) is 0.520. The van der Waals surface area contributed by atoms with E-state index in [1.165, 1.54) is 4.42 Å². The second-order valence-electron chi connectivity index (χ2n) is 3.76. The topological polar surface area (TPSA) is 20.3 Å². The van der Waals surface area contributed by atoms with Gasteiger partial charge in [0, 0.05) is 18.3 Å². The molecule has 0 aromatic rings. The summed E-state index contributed by atoms with van der Waals surface area (Å²) in [6, 6.07) is 0. The largest absolute Gasteiger partial charge is 0.273 e. The zero-order valence-corrected chi connectivity index (χ0v) is 9.09. The third-order valence-electron chi connectivity index (χ3n) is 2.75. The summed E-state index contributed by atoms with van der Waals surface area (Å²) in [5.41, 5.74) is -0.372. The Labute approximate surface area is 90.3 Å². The first kappa shape index (κ1) is 11.3. The van der Waals surface area contributed by atoms with Gasteiger partial charge in [-0.15, -0.1) is 13.2 Å². The standard InChI is InChI=1S/C11H16ClNO/c1-3-6-11(7-4-2)8-5-9-13(12)10(11)14/h3-4H,1-2,5-9H2. The van der Waals surface area contributed by atoms with Crippen molar-refractivity contribution in [2.24, 2.45) is 5.41 Å². The number of allylic oxidation sites excluding steroid dienone is 2. The SMILES string of the molecule is C=CCC1(CC=C)CCCN(Cl)C1=O. The van der Waals surface area contributed by atoms with Crippen LogP contribution < -0.4 is 0 Å². The number of piperidine rings is 1. The minimum atomic E-state index is -0.372. The van der Waals surface area contributed by atoms with E-state index in [-0.39, 0.29) is 11.3 Å². The van der Waals surface area contributed by atoms with Crippen molar-refractivity contribution in [1.82, 2.24) is 4.42 Å². The zero-order valence-electron chi connectivity index (χ0n) is 8.34. The molecule has 0 aromatic carbocycles. The third kappa shape index (κ3) is 2.01. The maximum atomic E-state index is 11.9. The van der Waals surface area contributed by atoms with Crippen LogP contribution in [-0.4, -0.2) is 16.9 Å². The van der Waals surface area contributed by atoms with E-state index in [1.54, 1.807) is 12.2 Å². The molecule has 1 amide bonds. The molecule has 14 heavy (non-hydrogen) atoms. The molecule has 0 unspecified atom stereocenters. The molecular formula is C11H16ClNO. The lowest BCUT2D eigenvalue weighted by Crippen LogP contribution is -2.44. The number of hydrogen-bond acceptors (Lipinski definition) is 1. The predicted molar refractivity (Wildman–Crippen MR) is 58.9 cm³/mol. The Morgan fingerprint density at radius 1 is 1.43 bits per heavy atom. The molecule has 0 N–H and O–H groups in total. The first-order chi connectivity index (χ1) is 6.66. The van der Waals surface area contributed by atoms with Gasteiger partial charge in [-0.05, 0) is 25.7 Å². The lowest BCUT2D eigenvalue weighted by atomic mass is 9.74. The molecule has 1 saturated heterocycles. The highest BCUT2D eigenvalue weighted by molar-refractivity contribution is 6.22. The minimum Gasteiger partial charge on any atom is -0.273 e. The zero-order chi connectivity index (χ0) is 10.6. The number of carbonyl (C=O) groups excluding carboxylic acids is 1. The number of rotatable bonds is 4. The molecule has 78 valence electrons. The Kier molecular flexibility index (Phi) is 3.76. The maximum Gasteiger partial charge on any atom is 0.243 e. The molecule has 0 aromatic heterocycles. The number of halogens is 1. The van der Waals surface area contributed by atoms with Crippen molar-refractivity contribution in [2.45, 2.75) is 25.7 Å². The average Bonchev–Trinajstić information content (AvgIpc) is 2.15. The van der Waals surface area contributed by atoms with Crippen molar-refractivity contribution in [1.29, 1.82) is 0 Å². The molecule has 1 aliphatic rings. The van der Waals surface area contributed by atoms with Crippen molar-refractivity contribution in [2.75, 3.05) is 6.54 Å². The Hall–Kier alpha value is -0.760. The summed E-state index contributed by atoms with van der Waals surface area (Å²) in [6.45, 7) is 8.04. The van der Waals surface area contributed by atoms with E-state index < -0.39 is 0 Å². The van der Waals surface area contributed by atoms with E-state index in [2.05, 4.69) is 13.2 Å². The van der Waals surface area contributed by atoms with Gasteiger partial charge in [-0.3, -0.25) is 9.21 Å². The summed E-state index contributed by atoms with van der Waals surface area (Å²) in [5.74, 6) is 0.0187. The summed E-state index contributed by atoms with van der Waals surface area (Å²) in [7, 11) is 0. The van der Waals surface area contributed by atoms with Gasteiger partial charge in [0.25, 0.3) is 0 Å². The normalized spacial score (nSPS) is 20.6. The van der Waals surface area contributed by atoms with E-state index >= 15 is 0 Å². The van der Waals surface area contributed by atoms with Crippen molar-refractivity contribution in [3.05, 3.63) is 25.3 Å². The van der Waals surface area contributed by atoms with Crippen molar-refractivity contribution in [3.63, 3.8) is 0 Å². The van der Waals surface area contributed by atoms with Gasteiger partial charge >= 0.3 is 0 Å². The maximum absolute atomic E-state index is 11.9. The van der Waals surface area contributed by atoms with Gasteiger partial charge in [0.05, 0.1) is 5.41 Å². The van der Waals surface area contributed by atoms with Crippen LogP contribution in [-0.2, 0) is 4.79 Å². The molecule has 0 aliphatic carbocycles. The van der Waals surface area contributed by atoms with E-state index in [4.69, 9.17) is 11.8 Å². The second kappa shape index (κ2) is 4.65. The minimum absolute atomic E-state index is 0.0187. The second-order valence-corrected chi connectivity index (χ2v) is 4.17. The molecule has 0 saturated carbocycles. The van der Waals surface area contributed by atoms with Crippen LogP contribution in [0.5, 0.6) is 0 Å². The first-order valence-electron chi connectivity index (χ1n) is 4.86. The van der Waals surface area contributed by atoms with Crippen molar-refractivity contribution >= 4 is 17.7 Å². The van der Waals surface area contributed by atoms with Crippen molar-refractivity contribution < 1.29 is 4.79 Å². The van der Waals surface area contributed by atoms with E-state index in [0.717, 1.165) is 12.8 Å². The molecule has 0 radical (unpaired) electrons. The monoisotopic (exact) mass is 213 g/mol. The van der Waals surface area contributed by atoms with Gasteiger partial charge in [0.2, 0.25) is 5.91 Å². The summed E-state index contributed by atoms with van der Waals surface area (Å²) < 4.78 is 1.30. The van der Waals surface area contributed by atoms with E-state index in [0.29, 0.717) is 19.4 Å². The van der Waals surface area contributed by atoms with Gasteiger partial charge in [0.15, 0.2) is 0 Å². The molecule has 1 aliphatic heterocycles. The lowest BCUT2D eigenvalue weighted by molar-refractivity contribution is -0.140. The first-order valence-corrected chi connectivity index (χ1v) is 5.19. The number of carbonyl (C=O) groups is 1. The molecule has 2 nitrogen and oxygen atoms in total. The summed E-state index contributed by atoms with van der Waals surface area (Å²) in [5, 5.41) is 0. The fourth-order valence-corrected chi connectivity index (χ4v) is 2.34. The number of nitrogens with zero attached hydrogens (tertiary/aromatic N) is 1. The number of hydrogen-bond donors (Lipinski definition) is 0. The number of amides is 1. The third-order valence-corrected chi connectivity index (χ3v) is 3.08. The molecule has 0 atom stereocenters. The van der Waals surface area contributed by atoms with Crippen LogP contribution in [0.4, 0.5) is 0 Å². The molecule has 0 bridgehead atoms. The van der Waals surface area contributed by atoms with Gasteiger partial charge in [-0.1, -0.05) is 12.2 Å². The fraction of sp³-hybridized carbons (Fsp3) is 0.545. The molecule has 1 heterocycles. The Morgan fingerprint density at radius 2 is 2.00 bits per heavy atom. The van der Waals surface area contributed by atoms with Gasteiger partial charge in [0.1, 0.15) is 0 Å². The fourth-order valence-electron chi connectivity index (χ4n) is 2.04. The Balaban J connectivity index is 2.87. The van der Waals surface area contributed by atoms with Crippen LogP contribution in [0, 0.1) is 5.41 Å². The average molecular weight is 214 g/mol. The van der Waals surface area contributed by atoms with Crippen LogP contribution in [0.2, 0.25) is 0 Å². The Morgan fingerprint density at radius 3 is 2.50 bits per heavy atom. The van der Waals surface area contributed by atoms with Crippen molar-refractivity contribution in [3.8, 4) is 0 Å². The molecule has 0 spiro atoms. The van der Waals surface area contributed by atoms with Gasteiger partial charge in [-0.25, -0.2) is 0 Å².